The summed E-state index contributed by atoms with van der Waals surface area (Å²) in [5.74, 6) is 2.36. The number of benzene rings is 1. The average molecular weight is 182 g/mol. The minimum absolute atomic E-state index is 0.284. The van der Waals surface area contributed by atoms with Crippen LogP contribution >= 0.6 is 0 Å². The van der Waals surface area contributed by atoms with Crippen LogP contribution in [0.3, 0.4) is 0 Å². The SMILES string of the molecule is C#Cc1cccc(N=[S-](=O)F)c1. The van der Waals surface area contributed by atoms with Gasteiger partial charge in [0.2, 0.25) is 0 Å². The Morgan fingerprint density at radius 3 is 2.92 bits per heavy atom. The van der Waals surface area contributed by atoms with Crippen molar-refractivity contribution in [2.75, 3.05) is 0 Å². The Hall–Kier alpha value is -1.34. The fraction of sp³-hybridized carbons (Fsp3) is 0. The summed E-state index contributed by atoms with van der Waals surface area (Å²) in [5.41, 5.74) is 0.869. The quantitative estimate of drug-likeness (QED) is 0.372. The third-order valence-electron chi connectivity index (χ3n) is 1.19. The molecule has 0 saturated carbocycles. The summed E-state index contributed by atoms with van der Waals surface area (Å²) < 4.78 is 25.1. The molecule has 0 aliphatic carbocycles. The van der Waals surface area contributed by atoms with Crippen molar-refractivity contribution in [3.63, 3.8) is 0 Å². The van der Waals surface area contributed by atoms with Crippen molar-refractivity contribution < 1.29 is 8.09 Å². The second-order valence-corrected chi connectivity index (χ2v) is 2.59. The zero-order valence-electron chi connectivity index (χ0n) is 6.03. The maximum absolute atomic E-state index is 11.9. The molecule has 0 unspecified atom stereocenters. The Morgan fingerprint density at radius 2 is 2.33 bits per heavy atom. The van der Waals surface area contributed by atoms with Crippen molar-refractivity contribution in [1.82, 2.24) is 0 Å². The molecule has 62 valence electrons. The molecule has 12 heavy (non-hydrogen) atoms. The van der Waals surface area contributed by atoms with E-state index in [0.717, 1.165) is 0 Å². The Kier molecular flexibility index (Phi) is 2.83. The molecule has 0 aliphatic rings. The van der Waals surface area contributed by atoms with Gasteiger partial charge in [0.15, 0.2) is 0 Å². The predicted octanol–water partition coefficient (Wildman–Crippen LogP) is 2.33. The largest absolute Gasteiger partial charge is 0.413 e. The Balaban J connectivity index is 3.13. The van der Waals surface area contributed by atoms with Gasteiger partial charge in [0.05, 0.1) is 0 Å². The number of hydrogen-bond acceptors (Lipinski definition) is 3. The zero-order valence-corrected chi connectivity index (χ0v) is 6.84. The number of nitrogens with zero attached hydrogens (tertiary/aromatic N) is 1. The molecule has 0 fully saturated rings. The first kappa shape index (κ1) is 8.75. The van der Waals surface area contributed by atoms with Crippen molar-refractivity contribution in [2.24, 2.45) is 4.36 Å². The van der Waals surface area contributed by atoms with Crippen LogP contribution in [0.1, 0.15) is 5.56 Å². The second kappa shape index (κ2) is 3.88. The van der Waals surface area contributed by atoms with Crippen LogP contribution in [0.15, 0.2) is 28.6 Å². The Labute approximate surface area is 71.9 Å². The number of terminal acetylenes is 1. The van der Waals surface area contributed by atoms with E-state index in [1.807, 2.05) is 0 Å². The van der Waals surface area contributed by atoms with Gasteiger partial charge in [0.25, 0.3) is 0 Å². The van der Waals surface area contributed by atoms with E-state index in [-0.39, 0.29) is 5.69 Å². The van der Waals surface area contributed by atoms with Crippen molar-refractivity contribution in [2.45, 2.75) is 0 Å². The van der Waals surface area contributed by atoms with Crippen LogP contribution in [0, 0.1) is 12.3 Å². The van der Waals surface area contributed by atoms with E-state index in [1.54, 1.807) is 12.1 Å². The molecular formula is C8H5FNOS-. The summed E-state index contributed by atoms with van der Waals surface area (Å²) in [4.78, 5) is 0. The first-order valence-corrected chi connectivity index (χ1v) is 4.09. The summed E-state index contributed by atoms with van der Waals surface area (Å²) >= 11 is 0. The van der Waals surface area contributed by atoms with Crippen LogP contribution in [0.25, 0.3) is 0 Å². The lowest BCUT2D eigenvalue weighted by atomic mass is 10.2. The van der Waals surface area contributed by atoms with Gasteiger partial charge in [-0.2, -0.15) is 0 Å². The van der Waals surface area contributed by atoms with E-state index in [4.69, 9.17) is 6.42 Å². The fourth-order valence-electron chi connectivity index (χ4n) is 0.735. The molecule has 0 amide bonds. The predicted molar refractivity (Wildman–Crippen MR) is 45.6 cm³/mol. The lowest BCUT2D eigenvalue weighted by Crippen LogP contribution is -1.71. The number of hydrogen-bond donors (Lipinski definition) is 0. The van der Waals surface area contributed by atoms with Crippen LogP contribution < -0.4 is 0 Å². The Morgan fingerprint density at radius 1 is 1.58 bits per heavy atom. The van der Waals surface area contributed by atoms with E-state index >= 15 is 0 Å². The first-order chi connectivity index (χ1) is 5.72. The van der Waals surface area contributed by atoms with Crippen LogP contribution in [-0.4, -0.2) is 0 Å². The monoisotopic (exact) mass is 182 g/mol. The topological polar surface area (TPSA) is 29.4 Å². The van der Waals surface area contributed by atoms with Gasteiger partial charge < -0.3 is 12.5 Å². The molecule has 1 rings (SSSR count). The molecule has 0 heterocycles. The molecule has 0 aliphatic heterocycles. The number of halogens is 1. The lowest BCUT2D eigenvalue weighted by molar-refractivity contribution is 0.578. The van der Waals surface area contributed by atoms with Gasteiger partial charge in [-0.15, -0.1) is 6.42 Å². The maximum atomic E-state index is 11.9. The van der Waals surface area contributed by atoms with Gasteiger partial charge in [-0.1, -0.05) is 12.0 Å². The summed E-state index contributed by atoms with van der Waals surface area (Å²) in [7, 11) is -2.67. The highest BCUT2D eigenvalue weighted by Crippen LogP contribution is 2.13. The van der Waals surface area contributed by atoms with Crippen molar-refractivity contribution in [3.8, 4) is 12.3 Å². The van der Waals surface area contributed by atoms with E-state index in [0.29, 0.717) is 5.56 Å². The van der Waals surface area contributed by atoms with Gasteiger partial charge in [-0.05, 0) is 29.2 Å². The summed E-state index contributed by atoms with van der Waals surface area (Å²) in [6.07, 6.45) is 5.09. The smallest absolute Gasteiger partial charge is 0.0398 e. The maximum Gasteiger partial charge on any atom is 0.0398 e. The molecule has 0 bridgehead atoms. The minimum Gasteiger partial charge on any atom is -0.413 e. The van der Waals surface area contributed by atoms with Crippen LogP contribution in [0.2, 0.25) is 0 Å². The van der Waals surface area contributed by atoms with E-state index in [1.165, 1.54) is 12.1 Å². The fourth-order valence-corrected chi connectivity index (χ4v) is 1.01. The van der Waals surface area contributed by atoms with Crippen LogP contribution in [0.5, 0.6) is 0 Å². The van der Waals surface area contributed by atoms with Gasteiger partial charge in [0, 0.05) is 11.3 Å². The third-order valence-corrected chi connectivity index (χ3v) is 1.54. The van der Waals surface area contributed by atoms with Crippen molar-refractivity contribution in [3.05, 3.63) is 29.8 Å². The molecule has 0 spiro atoms. The summed E-state index contributed by atoms with van der Waals surface area (Å²) in [6, 6.07) is 6.32. The highest BCUT2D eigenvalue weighted by molar-refractivity contribution is 7.69. The van der Waals surface area contributed by atoms with E-state index in [9.17, 15) is 8.09 Å². The molecule has 2 nitrogen and oxygen atoms in total. The molecule has 0 radical (unpaired) electrons. The molecule has 4 heteroatoms. The highest BCUT2D eigenvalue weighted by Gasteiger charge is 1.87. The van der Waals surface area contributed by atoms with Gasteiger partial charge in [-0.3, -0.25) is 0 Å². The third kappa shape index (κ3) is 2.36. The van der Waals surface area contributed by atoms with Gasteiger partial charge >= 0.3 is 0 Å². The number of rotatable bonds is 1. The van der Waals surface area contributed by atoms with Crippen molar-refractivity contribution in [1.29, 1.82) is 0 Å². The summed E-state index contributed by atoms with van der Waals surface area (Å²) in [5, 5.41) is 0. The van der Waals surface area contributed by atoms with E-state index < -0.39 is 11.0 Å². The van der Waals surface area contributed by atoms with Crippen LogP contribution in [-0.2, 0) is 15.2 Å². The van der Waals surface area contributed by atoms with Crippen LogP contribution in [0.4, 0.5) is 9.57 Å². The Bertz CT molecular complexity index is 402. The first-order valence-electron chi connectivity index (χ1n) is 3.09. The normalized spacial score (nSPS) is 12.3. The van der Waals surface area contributed by atoms with E-state index in [2.05, 4.69) is 10.3 Å². The van der Waals surface area contributed by atoms with Crippen molar-refractivity contribution >= 4 is 16.7 Å². The lowest BCUT2D eigenvalue weighted by Gasteiger charge is -1.96. The highest BCUT2D eigenvalue weighted by atomic mass is 32.2. The van der Waals surface area contributed by atoms with Gasteiger partial charge in [0.1, 0.15) is 0 Å². The van der Waals surface area contributed by atoms with Gasteiger partial charge in [-0.25, -0.2) is 0 Å². The molecule has 1 aromatic rings. The standard InChI is InChI=1S/C8H5FNOS/c1-2-7-4-3-5-8(6-7)10-12(9)11/h1,3-6H/q-1. The minimum atomic E-state index is -2.67. The molecule has 0 aromatic heterocycles. The summed E-state index contributed by atoms with van der Waals surface area (Å²) in [6.45, 7) is 0. The average Bonchev–Trinajstić information content (AvgIpc) is 2.03. The molecular weight excluding hydrogens is 177 g/mol. The molecule has 0 N–H and O–H groups in total. The second-order valence-electron chi connectivity index (χ2n) is 1.99. The zero-order chi connectivity index (χ0) is 8.97. The molecule has 0 saturated heterocycles. The molecule has 0 atom stereocenters. The molecule has 1 aromatic carbocycles.